The summed E-state index contributed by atoms with van der Waals surface area (Å²) in [6.45, 7) is 14.9. The molecule has 0 rings (SSSR count). The van der Waals surface area contributed by atoms with E-state index >= 15 is 0 Å². The second-order valence-electron chi connectivity index (χ2n) is 16.8. The van der Waals surface area contributed by atoms with E-state index in [2.05, 4.69) is 39.9 Å². The lowest BCUT2D eigenvalue weighted by molar-refractivity contribution is -0.122. The molecule has 0 aromatic carbocycles. The lowest BCUT2D eigenvalue weighted by atomic mass is 9.90. The summed E-state index contributed by atoms with van der Waals surface area (Å²) in [6, 6.07) is 0. The smallest absolute Gasteiger partial charge is 0.290 e. The highest BCUT2D eigenvalue weighted by atomic mass is 16.3. The van der Waals surface area contributed by atoms with E-state index in [-0.39, 0.29) is 12.6 Å². The molecular weight excluding hydrogens is 723 g/mol. The quantitative estimate of drug-likeness (QED) is 0.0307. The van der Waals surface area contributed by atoms with Crippen LogP contribution in [0.5, 0.6) is 0 Å². The van der Waals surface area contributed by atoms with Gasteiger partial charge in [0.2, 0.25) is 0 Å². The van der Waals surface area contributed by atoms with Crippen LogP contribution in [0.15, 0.2) is 0 Å². The molecule has 1 unspecified atom stereocenters. The van der Waals surface area contributed by atoms with E-state index < -0.39 is 0 Å². The minimum Gasteiger partial charge on any atom is -0.483 e. The zero-order valence-corrected chi connectivity index (χ0v) is 40.4. The van der Waals surface area contributed by atoms with Gasteiger partial charge in [0, 0.05) is 13.2 Å². The highest BCUT2D eigenvalue weighted by molar-refractivity contribution is 5.32. The van der Waals surface area contributed by atoms with E-state index in [1.54, 1.807) is 0 Å². The maximum Gasteiger partial charge on any atom is 0.290 e. The van der Waals surface area contributed by atoms with Crippen LogP contribution >= 0.6 is 0 Å². The molecule has 7 nitrogen and oxygen atoms in total. The van der Waals surface area contributed by atoms with Crippen molar-refractivity contribution in [3.63, 3.8) is 0 Å². The third-order valence-corrected chi connectivity index (χ3v) is 11.3. The Morgan fingerprint density at radius 2 is 0.672 bits per heavy atom. The lowest BCUT2D eigenvalue weighted by Gasteiger charge is -2.16. The summed E-state index contributed by atoms with van der Waals surface area (Å²) in [6.07, 6.45) is 49.3. The monoisotopic (exact) mass is 832 g/mol. The first kappa shape index (κ1) is 66.1. The van der Waals surface area contributed by atoms with Crippen LogP contribution in [0.2, 0.25) is 0 Å². The van der Waals surface area contributed by atoms with Crippen molar-refractivity contribution >= 4 is 13.3 Å². The van der Waals surface area contributed by atoms with E-state index in [9.17, 15) is 5.11 Å². The molecule has 354 valence electrons. The summed E-state index contributed by atoms with van der Waals surface area (Å²) < 4.78 is 0. The normalized spacial score (nSPS) is 11.1. The molecule has 0 saturated carbocycles. The van der Waals surface area contributed by atoms with Crippen LogP contribution in [0.4, 0.5) is 0 Å². The van der Waals surface area contributed by atoms with Crippen LogP contribution in [0.3, 0.4) is 0 Å². The van der Waals surface area contributed by atoms with E-state index in [4.69, 9.17) is 24.9 Å². The molecule has 0 heterocycles. The fraction of sp³-hybridized carbons (Fsp3) is 0.961. The summed E-state index contributed by atoms with van der Waals surface area (Å²) in [5.41, 5.74) is 0. The van der Waals surface area contributed by atoms with Crippen molar-refractivity contribution < 1.29 is 30.0 Å². The van der Waals surface area contributed by atoms with Crippen LogP contribution in [0, 0.1) is 11.8 Å². The van der Waals surface area contributed by atoms with Gasteiger partial charge in [-0.3, -0.25) is 4.79 Å². The van der Waals surface area contributed by atoms with Crippen molar-refractivity contribution in [1.29, 1.82) is 0 Å². The van der Waals surface area contributed by atoms with Gasteiger partial charge in [-0.15, -0.1) is 0 Å². The molecule has 0 aliphatic rings. The Morgan fingerprint density at radius 1 is 0.414 bits per heavy atom. The summed E-state index contributed by atoms with van der Waals surface area (Å²) >= 11 is 0. The Hall–Kier alpha value is -1.02. The van der Waals surface area contributed by atoms with Crippen LogP contribution in [-0.2, 0) is 9.59 Å². The Bertz CT molecular complexity index is 630. The van der Waals surface area contributed by atoms with Gasteiger partial charge in [0.1, 0.15) is 6.79 Å². The van der Waals surface area contributed by atoms with Crippen molar-refractivity contribution in [2.75, 3.05) is 26.8 Å². The zero-order chi connectivity index (χ0) is 44.4. The minimum absolute atomic E-state index is 0.0340. The average molecular weight is 832 g/mol. The first-order valence-corrected chi connectivity index (χ1v) is 25.3. The molecule has 0 saturated heterocycles. The van der Waals surface area contributed by atoms with Gasteiger partial charge in [0.15, 0.2) is 0 Å². The van der Waals surface area contributed by atoms with Gasteiger partial charge in [0.05, 0.1) is 6.10 Å². The first-order chi connectivity index (χ1) is 28.4. The van der Waals surface area contributed by atoms with E-state index in [0.717, 1.165) is 50.5 Å². The number of nitrogens with one attached hydrogen (secondary N) is 1. The SMILES string of the molecule is C=O.CCCCCC(CCO)CCCCC.CCCCCCCCCC(O)CCCCCCCCCCC(CCCCC)CCCCC.CNCCCCO.O=CO. The van der Waals surface area contributed by atoms with Crippen molar-refractivity contribution in [1.82, 2.24) is 5.32 Å². The molecule has 0 bridgehead atoms. The van der Waals surface area contributed by atoms with E-state index in [1.165, 1.54) is 205 Å². The van der Waals surface area contributed by atoms with Gasteiger partial charge in [-0.25, -0.2) is 0 Å². The molecule has 5 N–H and O–H groups in total. The highest BCUT2D eigenvalue weighted by Gasteiger charge is 2.09. The fourth-order valence-electron chi connectivity index (χ4n) is 7.55. The molecule has 0 amide bonds. The standard InChI is InChI=1S/C31H64O.C13H28O.C5H13NO.CH2O2.CH2O/c1-4-7-10-11-14-18-23-28-31(32)29-24-19-16-13-12-15-17-22-27-30(25-20-8-5-2)26-21-9-6-3;1-3-5-7-9-13(11-12-14)10-8-6-4-2;1-6-4-2-3-5-7;2-1-3;1-2/h30-32H,4-29H2,1-3H3;13-14H,3-12H2,1-2H3;6-7H,2-5H2,1H3;1H,(H,2,3);1H2. The van der Waals surface area contributed by atoms with Crippen molar-refractivity contribution in [2.24, 2.45) is 11.8 Å². The number of hydrogen-bond acceptors (Lipinski definition) is 6. The van der Waals surface area contributed by atoms with Gasteiger partial charge in [-0.1, -0.05) is 240 Å². The maximum atomic E-state index is 10.2. The van der Waals surface area contributed by atoms with Gasteiger partial charge >= 0.3 is 0 Å². The molecule has 1 atom stereocenters. The summed E-state index contributed by atoms with van der Waals surface area (Å²) in [5.74, 6) is 1.80. The van der Waals surface area contributed by atoms with Crippen LogP contribution < -0.4 is 5.32 Å². The van der Waals surface area contributed by atoms with Crippen LogP contribution in [0.25, 0.3) is 0 Å². The predicted molar refractivity (Wildman–Crippen MR) is 256 cm³/mol. The Labute approximate surface area is 364 Å². The molecule has 0 fully saturated rings. The summed E-state index contributed by atoms with van der Waals surface area (Å²) in [4.78, 5) is 16.4. The van der Waals surface area contributed by atoms with Crippen LogP contribution in [0.1, 0.15) is 272 Å². The van der Waals surface area contributed by atoms with Gasteiger partial charge in [0.25, 0.3) is 6.47 Å². The van der Waals surface area contributed by atoms with Gasteiger partial charge in [-0.2, -0.15) is 0 Å². The molecule has 58 heavy (non-hydrogen) atoms. The van der Waals surface area contributed by atoms with E-state index in [1.807, 2.05) is 13.8 Å². The van der Waals surface area contributed by atoms with Crippen molar-refractivity contribution in [2.45, 2.75) is 278 Å². The molecular formula is C51H109NO6. The van der Waals surface area contributed by atoms with Crippen LogP contribution in [-0.4, -0.2) is 66.6 Å². The number of unbranched alkanes of at least 4 members (excludes halogenated alkanes) is 22. The summed E-state index contributed by atoms with van der Waals surface area (Å²) in [5, 5.41) is 37.3. The number of carbonyl (C=O) groups excluding carboxylic acids is 1. The molecule has 0 aliphatic carbocycles. The third kappa shape index (κ3) is 69.6. The molecule has 0 aromatic heterocycles. The van der Waals surface area contributed by atoms with Gasteiger partial charge in [-0.05, 0) is 57.5 Å². The predicted octanol–water partition coefficient (Wildman–Crippen LogP) is 14.8. The molecule has 0 spiro atoms. The van der Waals surface area contributed by atoms with E-state index in [0.29, 0.717) is 13.2 Å². The molecule has 7 heteroatoms. The molecule has 0 aliphatic heterocycles. The number of aliphatic hydroxyl groups is 3. The minimum atomic E-state index is -0.250. The number of rotatable bonds is 41. The second kappa shape index (κ2) is 67.7. The Balaban J connectivity index is -0.000000293. The number of carbonyl (C=O) groups is 2. The molecule has 0 aromatic rings. The summed E-state index contributed by atoms with van der Waals surface area (Å²) in [7, 11) is 1.91. The Morgan fingerprint density at radius 3 is 0.966 bits per heavy atom. The number of hydrogen-bond donors (Lipinski definition) is 5. The average Bonchev–Trinajstić information content (AvgIpc) is 3.23. The topological polar surface area (TPSA) is 127 Å². The highest BCUT2D eigenvalue weighted by Crippen LogP contribution is 2.24. The second-order valence-corrected chi connectivity index (χ2v) is 16.8. The molecule has 0 radical (unpaired) electrons. The largest absolute Gasteiger partial charge is 0.483 e. The fourth-order valence-corrected chi connectivity index (χ4v) is 7.55. The maximum absolute atomic E-state index is 10.2. The number of aliphatic hydroxyl groups excluding tert-OH is 3. The Kier molecular flexibility index (Phi) is 77.2. The first-order valence-electron chi connectivity index (χ1n) is 25.3. The lowest BCUT2D eigenvalue weighted by Crippen LogP contribution is -2.07. The third-order valence-electron chi connectivity index (χ3n) is 11.3. The zero-order valence-electron chi connectivity index (χ0n) is 40.4. The van der Waals surface area contributed by atoms with Crippen molar-refractivity contribution in [3.8, 4) is 0 Å². The van der Waals surface area contributed by atoms with Gasteiger partial charge < -0.3 is 30.5 Å². The number of carboxylic acid groups (broad SMARTS) is 1. The van der Waals surface area contributed by atoms with Crippen molar-refractivity contribution in [3.05, 3.63) is 0 Å².